The van der Waals surface area contributed by atoms with Gasteiger partial charge in [-0.1, -0.05) is 0 Å². The normalized spacial score (nSPS) is 22.5. The molecule has 0 aliphatic heterocycles. The summed E-state index contributed by atoms with van der Waals surface area (Å²) in [6.45, 7) is -0.149. The smallest absolute Gasteiger partial charge is 0.322 e. The standard InChI is InChI=1S/C7H5Cl2F2N3O/c8-4-12-5(9)14-6(13-4)15-2-3-1-7(3,10)11/h3H,1-2H2/t3-/m0/s1. The fraction of sp³-hybridized carbons (Fsp3) is 0.571. The average molecular weight is 256 g/mol. The van der Waals surface area contributed by atoms with Gasteiger partial charge >= 0.3 is 6.01 Å². The topological polar surface area (TPSA) is 47.9 Å². The molecule has 8 heteroatoms. The van der Waals surface area contributed by atoms with E-state index < -0.39 is 11.8 Å². The van der Waals surface area contributed by atoms with E-state index in [4.69, 9.17) is 27.9 Å². The third-order valence-corrected chi connectivity index (χ3v) is 2.27. The molecule has 0 spiro atoms. The van der Waals surface area contributed by atoms with Gasteiger partial charge in [0.15, 0.2) is 0 Å². The molecule has 1 heterocycles. The molecule has 1 atom stereocenters. The Labute approximate surface area is 93.6 Å². The second-order valence-corrected chi connectivity index (χ2v) is 3.81. The minimum atomic E-state index is -2.62. The lowest BCUT2D eigenvalue weighted by Gasteiger charge is -2.03. The van der Waals surface area contributed by atoms with Gasteiger partial charge in [0.2, 0.25) is 10.6 Å². The molecule has 0 radical (unpaired) electrons. The van der Waals surface area contributed by atoms with E-state index in [2.05, 4.69) is 15.0 Å². The monoisotopic (exact) mass is 255 g/mol. The first-order valence-corrected chi connectivity index (χ1v) is 4.81. The Kier molecular flexibility index (Phi) is 2.64. The van der Waals surface area contributed by atoms with Gasteiger partial charge in [-0.25, -0.2) is 8.78 Å². The number of hydrogen-bond donors (Lipinski definition) is 0. The van der Waals surface area contributed by atoms with Crippen LogP contribution in [-0.2, 0) is 0 Å². The van der Waals surface area contributed by atoms with Crippen LogP contribution in [-0.4, -0.2) is 27.5 Å². The lowest BCUT2D eigenvalue weighted by atomic mass is 10.4. The van der Waals surface area contributed by atoms with E-state index in [-0.39, 0.29) is 29.6 Å². The van der Waals surface area contributed by atoms with Crippen LogP contribution in [0.15, 0.2) is 0 Å². The van der Waals surface area contributed by atoms with E-state index in [1.807, 2.05) is 0 Å². The molecule has 0 aromatic carbocycles. The van der Waals surface area contributed by atoms with Crippen LogP contribution in [0.3, 0.4) is 0 Å². The summed E-state index contributed by atoms with van der Waals surface area (Å²) >= 11 is 10.9. The number of halogens is 4. The summed E-state index contributed by atoms with van der Waals surface area (Å²) in [5, 5.41) is -0.264. The summed E-state index contributed by atoms with van der Waals surface area (Å²) in [4.78, 5) is 10.6. The van der Waals surface area contributed by atoms with Gasteiger partial charge in [-0.3, -0.25) is 0 Å². The van der Waals surface area contributed by atoms with E-state index >= 15 is 0 Å². The second kappa shape index (κ2) is 3.68. The molecule has 4 nitrogen and oxygen atoms in total. The van der Waals surface area contributed by atoms with Crippen LogP contribution in [0.2, 0.25) is 10.6 Å². The highest BCUT2D eigenvalue weighted by Crippen LogP contribution is 2.48. The number of nitrogens with zero attached hydrogens (tertiary/aromatic N) is 3. The minimum absolute atomic E-state index is 0.132. The van der Waals surface area contributed by atoms with Gasteiger partial charge in [-0.15, -0.1) is 0 Å². The van der Waals surface area contributed by atoms with Gasteiger partial charge in [-0.05, 0) is 23.2 Å². The zero-order chi connectivity index (χ0) is 11.1. The van der Waals surface area contributed by atoms with Crippen molar-refractivity contribution < 1.29 is 13.5 Å². The molecule has 1 fully saturated rings. The molecule has 0 N–H and O–H groups in total. The van der Waals surface area contributed by atoms with Gasteiger partial charge in [-0.2, -0.15) is 15.0 Å². The molecule has 0 unspecified atom stereocenters. The molecule has 82 valence electrons. The Bertz CT molecular complexity index is 370. The van der Waals surface area contributed by atoms with Gasteiger partial charge in [0, 0.05) is 6.42 Å². The molecule has 0 amide bonds. The molecule has 2 rings (SSSR count). The van der Waals surface area contributed by atoms with Crippen molar-refractivity contribution in [2.45, 2.75) is 12.3 Å². The van der Waals surface area contributed by atoms with Crippen molar-refractivity contribution in [1.29, 1.82) is 0 Å². The Balaban J connectivity index is 1.94. The quantitative estimate of drug-likeness (QED) is 0.831. The van der Waals surface area contributed by atoms with Crippen molar-refractivity contribution in [3.05, 3.63) is 10.6 Å². The maximum atomic E-state index is 12.5. The predicted molar refractivity (Wildman–Crippen MR) is 48.4 cm³/mol. The van der Waals surface area contributed by atoms with E-state index in [1.165, 1.54) is 0 Å². The van der Waals surface area contributed by atoms with Crippen LogP contribution in [0.25, 0.3) is 0 Å². The summed E-state index contributed by atoms with van der Waals surface area (Å²) in [6.07, 6.45) is -0.167. The van der Waals surface area contributed by atoms with Crippen molar-refractivity contribution in [3.63, 3.8) is 0 Å². The zero-order valence-electron chi connectivity index (χ0n) is 7.25. The Morgan fingerprint density at radius 2 is 1.80 bits per heavy atom. The lowest BCUT2D eigenvalue weighted by molar-refractivity contribution is 0.0842. The zero-order valence-corrected chi connectivity index (χ0v) is 8.77. The second-order valence-electron chi connectivity index (χ2n) is 3.13. The van der Waals surface area contributed by atoms with E-state index in [0.717, 1.165) is 0 Å². The summed E-state index contributed by atoms with van der Waals surface area (Å²) in [7, 11) is 0. The van der Waals surface area contributed by atoms with Crippen molar-refractivity contribution in [2.75, 3.05) is 6.61 Å². The highest BCUT2D eigenvalue weighted by Gasteiger charge is 2.57. The largest absolute Gasteiger partial charge is 0.463 e. The van der Waals surface area contributed by atoms with Gasteiger partial charge in [0.1, 0.15) is 6.61 Å². The van der Waals surface area contributed by atoms with E-state index in [1.54, 1.807) is 0 Å². The first kappa shape index (κ1) is 10.8. The minimum Gasteiger partial charge on any atom is -0.463 e. The lowest BCUT2D eigenvalue weighted by Crippen LogP contribution is -2.08. The van der Waals surface area contributed by atoms with Crippen LogP contribution in [0.5, 0.6) is 6.01 Å². The van der Waals surface area contributed by atoms with Crippen molar-refractivity contribution in [2.24, 2.45) is 5.92 Å². The molecule has 1 saturated carbocycles. The maximum absolute atomic E-state index is 12.5. The average Bonchev–Trinajstić information content (AvgIpc) is 2.69. The van der Waals surface area contributed by atoms with Crippen molar-refractivity contribution in [1.82, 2.24) is 15.0 Å². The van der Waals surface area contributed by atoms with Gasteiger partial charge < -0.3 is 4.74 Å². The van der Waals surface area contributed by atoms with Crippen molar-refractivity contribution in [3.8, 4) is 6.01 Å². The summed E-state index contributed by atoms with van der Waals surface area (Å²) in [5.74, 6) is -3.40. The number of alkyl halides is 2. The number of aromatic nitrogens is 3. The predicted octanol–water partition coefficient (Wildman–Crippen LogP) is 2.21. The molecule has 1 aliphatic rings. The van der Waals surface area contributed by atoms with Crippen molar-refractivity contribution >= 4 is 23.2 Å². The Hall–Kier alpha value is -0.750. The highest BCUT2D eigenvalue weighted by atomic mass is 35.5. The van der Waals surface area contributed by atoms with Gasteiger partial charge in [0.25, 0.3) is 5.92 Å². The van der Waals surface area contributed by atoms with Crippen LogP contribution in [0, 0.1) is 5.92 Å². The molecule has 1 aromatic rings. The van der Waals surface area contributed by atoms with E-state index in [9.17, 15) is 8.78 Å². The first-order valence-electron chi connectivity index (χ1n) is 4.05. The van der Waals surface area contributed by atoms with Crippen LogP contribution < -0.4 is 4.74 Å². The number of hydrogen-bond acceptors (Lipinski definition) is 4. The fourth-order valence-corrected chi connectivity index (χ4v) is 1.35. The molecule has 0 bridgehead atoms. The maximum Gasteiger partial charge on any atom is 0.322 e. The molecule has 0 saturated heterocycles. The summed E-state index contributed by atoms with van der Waals surface area (Å²) in [5.41, 5.74) is 0. The van der Waals surface area contributed by atoms with Crippen LogP contribution in [0.1, 0.15) is 6.42 Å². The third-order valence-electron chi connectivity index (χ3n) is 1.93. The first-order chi connectivity index (χ1) is 6.97. The fourth-order valence-electron chi connectivity index (χ4n) is 0.999. The van der Waals surface area contributed by atoms with E-state index in [0.29, 0.717) is 0 Å². The molecule has 1 aromatic heterocycles. The van der Waals surface area contributed by atoms with Crippen LogP contribution >= 0.6 is 23.2 Å². The number of ether oxygens (including phenoxy) is 1. The number of rotatable bonds is 3. The van der Waals surface area contributed by atoms with Crippen LogP contribution in [0.4, 0.5) is 8.78 Å². The molecular weight excluding hydrogens is 251 g/mol. The third kappa shape index (κ3) is 2.63. The molecule has 15 heavy (non-hydrogen) atoms. The highest BCUT2D eigenvalue weighted by molar-refractivity contribution is 6.31. The molecule has 1 aliphatic carbocycles. The summed E-state index contributed by atoms with van der Waals surface area (Å²) in [6, 6.07) is -0.136. The Morgan fingerprint density at radius 3 is 2.27 bits per heavy atom. The SMILES string of the molecule is FC1(F)C[C@H]1COc1nc(Cl)nc(Cl)n1. The van der Waals surface area contributed by atoms with Gasteiger partial charge in [0.05, 0.1) is 5.92 Å². The summed E-state index contributed by atoms with van der Waals surface area (Å²) < 4.78 is 29.9. The Morgan fingerprint density at radius 1 is 1.27 bits per heavy atom. The molecular formula is C7H5Cl2F2N3O.